The molecule has 9 nitrogen and oxygen atoms in total. The van der Waals surface area contributed by atoms with Crippen molar-refractivity contribution in [3.8, 4) is 11.3 Å². The number of H-pyrrole nitrogens is 2. The van der Waals surface area contributed by atoms with Crippen LogP contribution in [0.2, 0.25) is 0 Å². The summed E-state index contributed by atoms with van der Waals surface area (Å²) in [6.07, 6.45) is -2.75. The number of hydrogen-bond acceptors (Lipinski definition) is 6. The minimum absolute atomic E-state index is 0.0267. The molecule has 0 amide bonds. The van der Waals surface area contributed by atoms with Gasteiger partial charge in [-0.3, -0.25) is 9.78 Å². The largest absolute Gasteiger partial charge is 0.426 e. The molecule has 0 unspecified atom stereocenters. The second-order valence-corrected chi connectivity index (χ2v) is 5.79. The van der Waals surface area contributed by atoms with Crippen LogP contribution in [0, 0.1) is 0 Å². The van der Waals surface area contributed by atoms with Crippen molar-refractivity contribution in [3.63, 3.8) is 0 Å². The maximum Gasteiger partial charge on any atom is 0.426 e. The third-order valence-corrected chi connectivity index (χ3v) is 4.06. The Hall–Kier alpha value is -3.25. The summed E-state index contributed by atoms with van der Waals surface area (Å²) in [4.78, 5) is 32.4. The van der Waals surface area contributed by atoms with Gasteiger partial charge in [-0.15, -0.1) is 14.8 Å². The predicted octanol–water partition coefficient (Wildman–Crippen LogP) is 0.258. The van der Waals surface area contributed by atoms with E-state index in [1.54, 1.807) is 0 Å². The molecule has 1 aliphatic heterocycles. The topological polar surface area (TPSA) is 112 Å². The first-order valence-corrected chi connectivity index (χ1v) is 7.22. The van der Waals surface area contributed by atoms with E-state index in [9.17, 15) is 27.2 Å². The van der Waals surface area contributed by atoms with Crippen molar-refractivity contribution in [3.05, 3.63) is 39.4 Å². The summed E-state index contributed by atoms with van der Waals surface area (Å²) in [7, 11) is 0. The van der Waals surface area contributed by atoms with E-state index in [0.717, 1.165) is 22.1 Å². The average Bonchev–Trinajstić information content (AvgIpc) is 2.98. The molecule has 1 saturated heterocycles. The summed E-state index contributed by atoms with van der Waals surface area (Å²) in [5, 5.41) is 7.85. The van der Waals surface area contributed by atoms with Crippen LogP contribution in [0.5, 0.6) is 0 Å². The van der Waals surface area contributed by atoms with Crippen molar-refractivity contribution in [1.82, 2.24) is 29.8 Å². The number of hydrogen-bond donors (Lipinski definition) is 2. The molecule has 4 heterocycles. The Morgan fingerprint density at radius 3 is 2.62 bits per heavy atom. The molecule has 0 spiro atoms. The number of nitrogens with zero attached hydrogens (tertiary/aromatic N) is 5. The SMILES string of the molecule is O=c1[nH]cc(-c2cc(N3CC(F)(C(F)(F)F)C3)c3ncnn3n2)c(=O)[nH]1. The van der Waals surface area contributed by atoms with Gasteiger partial charge in [0.05, 0.1) is 24.3 Å². The maximum absolute atomic E-state index is 13.9. The molecular weight excluding hydrogens is 362 g/mol. The minimum atomic E-state index is -4.99. The van der Waals surface area contributed by atoms with Gasteiger partial charge in [-0.1, -0.05) is 0 Å². The number of anilines is 1. The first-order chi connectivity index (χ1) is 12.2. The van der Waals surface area contributed by atoms with E-state index < -0.39 is 36.2 Å². The summed E-state index contributed by atoms with van der Waals surface area (Å²) in [5.41, 5.74) is -4.55. The second kappa shape index (κ2) is 5.12. The molecule has 4 rings (SSSR count). The smallest absolute Gasteiger partial charge is 0.361 e. The van der Waals surface area contributed by atoms with Gasteiger partial charge in [0.1, 0.15) is 12.0 Å². The Morgan fingerprint density at radius 2 is 1.96 bits per heavy atom. The second-order valence-electron chi connectivity index (χ2n) is 5.79. The van der Waals surface area contributed by atoms with Crippen LogP contribution < -0.4 is 16.1 Å². The molecule has 1 fully saturated rings. The molecule has 0 saturated carbocycles. The maximum atomic E-state index is 13.9. The van der Waals surface area contributed by atoms with Crippen molar-refractivity contribution in [1.29, 1.82) is 0 Å². The van der Waals surface area contributed by atoms with Crippen LogP contribution in [-0.4, -0.2) is 54.7 Å². The molecule has 1 aliphatic rings. The van der Waals surface area contributed by atoms with Crippen molar-refractivity contribution < 1.29 is 17.6 Å². The van der Waals surface area contributed by atoms with Gasteiger partial charge in [0.15, 0.2) is 5.65 Å². The van der Waals surface area contributed by atoms with Crippen LogP contribution in [0.3, 0.4) is 0 Å². The Kier molecular flexibility index (Phi) is 3.20. The van der Waals surface area contributed by atoms with E-state index in [0.29, 0.717) is 0 Å². The molecule has 26 heavy (non-hydrogen) atoms. The number of aromatic nitrogens is 6. The molecular formula is C13H9F4N7O2. The molecule has 0 aromatic carbocycles. The van der Waals surface area contributed by atoms with E-state index in [1.165, 1.54) is 6.07 Å². The van der Waals surface area contributed by atoms with E-state index in [4.69, 9.17) is 0 Å². The van der Waals surface area contributed by atoms with Crippen LogP contribution >= 0.6 is 0 Å². The highest BCUT2D eigenvalue weighted by Crippen LogP contribution is 2.43. The molecule has 136 valence electrons. The summed E-state index contributed by atoms with van der Waals surface area (Å²) >= 11 is 0. The third kappa shape index (κ3) is 2.34. The van der Waals surface area contributed by atoms with E-state index in [1.807, 2.05) is 4.98 Å². The lowest BCUT2D eigenvalue weighted by atomic mass is 9.95. The Bertz CT molecular complexity index is 1110. The first-order valence-electron chi connectivity index (χ1n) is 7.22. The monoisotopic (exact) mass is 371 g/mol. The fourth-order valence-corrected chi connectivity index (χ4v) is 2.68. The zero-order chi connectivity index (χ0) is 18.7. The van der Waals surface area contributed by atoms with E-state index >= 15 is 0 Å². The first kappa shape index (κ1) is 16.2. The molecule has 2 N–H and O–H groups in total. The van der Waals surface area contributed by atoms with Gasteiger partial charge in [-0.2, -0.15) is 13.2 Å². The summed E-state index contributed by atoms with van der Waals surface area (Å²) in [5.74, 6) is 0. The lowest BCUT2D eigenvalue weighted by molar-refractivity contribution is -0.237. The fourth-order valence-electron chi connectivity index (χ4n) is 2.68. The third-order valence-electron chi connectivity index (χ3n) is 4.06. The lowest BCUT2D eigenvalue weighted by Crippen LogP contribution is -2.66. The fraction of sp³-hybridized carbons (Fsp3) is 0.308. The Morgan fingerprint density at radius 1 is 1.23 bits per heavy atom. The van der Waals surface area contributed by atoms with Gasteiger partial charge < -0.3 is 9.88 Å². The van der Waals surface area contributed by atoms with Gasteiger partial charge >= 0.3 is 11.9 Å². The van der Waals surface area contributed by atoms with Crippen LogP contribution in [0.4, 0.5) is 23.2 Å². The normalized spacial score (nSPS) is 16.7. The molecule has 3 aromatic heterocycles. The van der Waals surface area contributed by atoms with Crippen LogP contribution in [-0.2, 0) is 0 Å². The van der Waals surface area contributed by atoms with E-state index in [-0.39, 0.29) is 22.6 Å². The lowest BCUT2D eigenvalue weighted by Gasteiger charge is -2.46. The van der Waals surface area contributed by atoms with Crippen molar-refractivity contribution in [2.24, 2.45) is 0 Å². The Labute approximate surface area is 140 Å². The van der Waals surface area contributed by atoms with Gasteiger partial charge in [0, 0.05) is 6.20 Å². The van der Waals surface area contributed by atoms with Gasteiger partial charge in [-0.05, 0) is 6.07 Å². The standard InChI is InChI=1S/C13H9F4N7O2/c14-12(13(15,16)17)3-23(4-12)8-1-7(22-24-9(8)19-5-20-24)6-2-18-11(26)21-10(6)25/h1-2,5H,3-4H2,(H2,18,21,25,26). The number of alkyl halides is 4. The molecule has 0 atom stereocenters. The summed E-state index contributed by atoms with van der Waals surface area (Å²) in [6, 6.07) is 1.29. The Balaban J connectivity index is 1.80. The highest BCUT2D eigenvalue weighted by molar-refractivity contribution is 5.75. The quantitative estimate of drug-likeness (QED) is 0.625. The zero-order valence-corrected chi connectivity index (χ0v) is 12.7. The van der Waals surface area contributed by atoms with Gasteiger partial charge in [0.2, 0.25) is 5.67 Å². The molecule has 0 bridgehead atoms. The zero-order valence-electron chi connectivity index (χ0n) is 12.7. The summed E-state index contributed by atoms with van der Waals surface area (Å²) < 4.78 is 53.1. The summed E-state index contributed by atoms with van der Waals surface area (Å²) in [6.45, 7) is -1.82. The molecule has 3 aromatic rings. The van der Waals surface area contributed by atoms with E-state index in [2.05, 4.69) is 20.2 Å². The number of aromatic amines is 2. The molecule has 0 radical (unpaired) electrons. The number of rotatable bonds is 2. The highest BCUT2D eigenvalue weighted by atomic mass is 19.4. The average molecular weight is 371 g/mol. The molecule has 13 heteroatoms. The minimum Gasteiger partial charge on any atom is -0.361 e. The van der Waals surface area contributed by atoms with Crippen LogP contribution in [0.25, 0.3) is 16.9 Å². The molecule has 0 aliphatic carbocycles. The van der Waals surface area contributed by atoms with Crippen molar-refractivity contribution >= 4 is 11.3 Å². The number of nitrogens with one attached hydrogen (secondary N) is 2. The predicted molar refractivity (Wildman–Crippen MR) is 79.6 cm³/mol. The van der Waals surface area contributed by atoms with Gasteiger partial charge in [0.25, 0.3) is 5.56 Å². The van der Waals surface area contributed by atoms with Crippen molar-refractivity contribution in [2.75, 3.05) is 18.0 Å². The number of halogens is 4. The van der Waals surface area contributed by atoms with Gasteiger partial charge in [-0.25, -0.2) is 14.2 Å². The van der Waals surface area contributed by atoms with Crippen molar-refractivity contribution in [2.45, 2.75) is 11.8 Å². The highest BCUT2D eigenvalue weighted by Gasteiger charge is 2.63. The number of fused-ring (bicyclic) bond motifs is 1. The van der Waals surface area contributed by atoms with Crippen LogP contribution in [0.1, 0.15) is 0 Å². The van der Waals surface area contributed by atoms with Crippen LogP contribution in [0.15, 0.2) is 28.2 Å².